The van der Waals surface area contributed by atoms with Gasteiger partial charge in [0.15, 0.2) is 5.78 Å². The van der Waals surface area contributed by atoms with Crippen molar-refractivity contribution in [2.75, 3.05) is 0 Å². The number of hydrogen-bond donors (Lipinski definition) is 0. The van der Waals surface area contributed by atoms with Gasteiger partial charge in [0.1, 0.15) is 12.1 Å². The molecule has 0 saturated heterocycles. The summed E-state index contributed by atoms with van der Waals surface area (Å²) < 4.78 is 13.1. The van der Waals surface area contributed by atoms with E-state index < -0.39 is 5.82 Å². The molecule has 3 heteroatoms. The van der Waals surface area contributed by atoms with Gasteiger partial charge < -0.3 is 4.79 Å². The van der Waals surface area contributed by atoms with Gasteiger partial charge in [-0.15, -0.1) is 0 Å². The Labute approximate surface area is 93.5 Å². The van der Waals surface area contributed by atoms with Crippen LogP contribution in [0.15, 0.2) is 18.2 Å². The molecule has 0 saturated carbocycles. The van der Waals surface area contributed by atoms with Crippen LogP contribution in [0, 0.1) is 11.7 Å². The van der Waals surface area contributed by atoms with Gasteiger partial charge in [0.05, 0.1) is 0 Å². The van der Waals surface area contributed by atoms with E-state index in [4.69, 9.17) is 0 Å². The summed E-state index contributed by atoms with van der Waals surface area (Å²) >= 11 is 0. The minimum absolute atomic E-state index is 0.119. The summed E-state index contributed by atoms with van der Waals surface area (Å²) in [5.74, 6) is -0.886. The van der Waals surface area contributed by atoms with Crippen molar-refractivity contribution in [2.45, 2.75) is 25.7 Å². The maximum Gasteiger partial charge on any atom is 0.167 e. The smallest absolute Gasteiger partial charge is 0.167 e. The highest BCUT2D eigenvalue weighted by atomic mass is 19.1. The van der Waals surface area contributed by atoms with E-state index in [0.717, 1.165) is 11.8 Å². The molecular weight excluding hydrogens is 207 g/mol. The molecule has 1 aliphatic rings. The van der Waals surface area contributed by atoms with Gasteiger partial charge >= 0.3 is 0 Å². The number of hydrogen-bond acceptors (Lipinski definition) is 2. The van der Waals surface area contributed by atoms with Crippen LogP contribution in [-0.4, -0.2) is 12.1 Å². The lowest BCUT2D eigenvalue weighted by Gasteiger charge is -2.25. The van der Waals surface area contributed by atoms with Crippen LogP contribution in [0.1, 0.15) is 36.2 Å². The Hall–Kier alpha value is -1.51. The van der Waals surface area contributed by atoms with Crippen molar-refractivity contribution >= 4 is 12.1 Å². The minimum Gasteiger partial charge on any atom is -0.303 e. The third-order valence-electron chi connectivity index (χ3n) is 3.46. The van der Waals surface area contributed by atoms with Crippen LogP contribution in [0.25, 0.3) is 0 Å². The molecular formula is C13H13FO2. The van der Waals surface area contributed by atoms with Crippen molar-refractivity contribution < 1.29 is 14.0 Å². The van der Waals surface area contributed by atoms with Gasteiger partial charge in [0, 0.05) is 23.3 Å². The Morgan fingerprint density at radius 2 is 2.12 bits per heavy atom. The number of carbonyl (C=O) groups excluding carboxylic acids is 2. The third-order valence-corrected chi connectivity index (χ3v) is 3.46. The number of aldehydes is 1. The summed E-state index contributed by atoms with van der Waals surface area (Å²) in [6, 6.07) is 4.27. The Morgan fingerprint density at radius 3 is 2.75 bits per heavy atom. The van der Waals surface area contributed by atoms with Crippen LogP contribution in [0.2, 0.25) is 0 Å². The van der Waals surface area contributed by atoms with E-state index in [9.17, 15) is 14.0 Å². The molecule has 0 amide bonds. The van der Waals surface area contributed by atoms with Crippen molar-refractivity contribution in [2.24, 2.45) is 5.92 Å². The van der Waals surface area contributed by atoms with Gasteiger partial charge in [0.25, 0.3) is 0 Å². The van der Waals surface area contributed by atoms with E-state index in [1.54, 1.807) is 6.07 Å². The summed E-state index contributed by atoms with van der Waals surface area (Å²) in [6.07, 6.45) is 0.953. The molecule has 2 nitrogen and oxygen atoms in total. The molecule has 1 atom stereocenters. The summed E-state index contributed by atoms with van der Waals surface area (Å²) in [7, 11) is 0. The summed E-state index contributed by atoms with van der Waals surface area (Å²) in [5, 5.41) is 0. The zero-order valence-electron chi connectivity index (χ0n) is 9.29. The Kier molecular flexibility index (Phi) is 2.41. The molecule has 84 valence electrons. The molecule has 1 aromatic rings. The number of ketones is 1. The Bertz CT molecular complexity index is 463. The topological polar surface area (TPSA) is 34.1 Å². The fraction of sp³-hybridized carbons (Fsp3) is 0.385. The lowest BCUT2D eigenvalue weighted by atomic mass is 9.77. The number of benzene rings is 1. The number of Topliss-reactive ketones (excluding diaryl/α,β-unsaturated/α-hetero) is 1. The average Bonchev–Trinajstić information content (AvgIpc) is 2.40. The first-order valence-electron chi connectivity index (χ1n) is 5.26. The molecule has 0 bridgehead atoms. The fourth-order valence-corrected chi connectivity index (χ4v) is 2.48. The second-order valence-corrected chi connectivity index (χ2v) is 4.73. The van der Waals surface area contributed by atoms with Gasteiger partial charge in [-0.05, 0) is 17.7 Å². The standard InChI is InChI=1S/C13H13FO2/c1-13(2)10-4-3-8(14)7-9(10)12(16)11(13)5-6-15/h3-4,6-7,11H,5H2,1-2H3/t11-/m1/s1. The van der Waals surface area contributed by atoms with Crippen LogP contribution in [-0.2, 0) is 10.2 Å². The number of fused-ring (bicyclic) bond motifs is 1. The van der Waals surface area contributed by atoms with Crippen molar-refractivity contribution in [3.63, 3.8) is 0 Å². The third kappa shape index (κ3) is 1.39. The highest BCUT2D eigenvalue weighted by molar-refractivity contribution is 6.04. The summed E-state index contributed by atoms with van der Waals surface area (Å²) in [4.78, 5) is 22.6. The summed E-state index contributed by atoms with van der Waals surface area (Å²) in [5.41, 5.74) is 0.878. The normalized spacial score (nSPS) is 21.9. The molecule has 0 N–H and O–H groups in total. The SMILES string of the molecule is CC1(C)c2ccc(F)cc2C(=O)[C@H]1CC=O. The van der Waals surface area contributed by atoms with Gasteiger partial charge in [0.2, 0.25) is 0 Å². The lowest BCUT2D eigenvalue weighted by Crippen LogP contribution is -2.27. The van der Waals surface area contributed by atoms with Gasteiger partial charge in [-0.1, -0.05) is 19.9 Å². The Morgan fingerprint density at radius 1 is 1.44 bits per heavy atom. The first-order chi connectivity index (χ1) is 7.48. The van der Waals surface area contributed by atoms with Crippen molar-refractivity contribution in [1.82, 2.24) is 0 Å². The molecule has 16 heavy (non-hydrogen) atoms. The molecule has 0 radical (unpaired) electrons. The second kappa shape index (κ2) is 3.51. The zero-order valence-corrected chi connectivity index (χ0v) is 9.29. The van der Waals surface area contributed by atoms with Gasteiger partial charge in [-0.3, -0.25) is 4.79 Å². The molecule has 0 aromatic heterocycles. The average molecular weight is 220 g/mol. The largest absolute Gasteiger partial charge is 0.303 e. The van der Waals surface area contributed by atoms with Crippen molar-refractivity contribution in [1.29, 1.82) is 0 Å². The molecule has 0 fully saturated rings. The van der Waals surface area contributed by atoms with E-state index in [-0.39, 0.29) is 23.5 Å². The van der Waals surface area contributed by atoms with Gasteiger partial charge in [-0.25, -0.2) is 4.39 Å². The first-order valence-corrected chi connectivity index (χ1v) is 5.26. The number of rotatable bonds is 2. The van der Waals surface area contributed by atoms with Gasteiger partial charge in [-0.2, -0.15) is 0 Å². The predicted molar refractivity (Wildman–Crippen MR) is 57.9 cm³/mol. The number of halogens is 1. The molecule has 1 aliphatic carbocycles. The van der Waals surface area contributed by atoms with E-state index >= 15 is 0 Å². The van der Waals surface area contributed by atoms with E-state index in [1.165, 1.54) is 12.1 Å². The van der Waals surface area contributed by atoms with Crippen LogP contribution >= 0.6 is 0 Å². The maximum atomic E-state index is 13.1. The van der Waals surface area contributed by atoms with E-state index in [2.05, 4.69) is 0 Å². The fourth-order valence-electron chi connectivity index (χ4n) is 2.48. The molecule has 2 rings (SSSR count). The van der Waals surface area contributed by atoms with Crippen LogP contribution < -0.4 is 0 Å². The monoisotopic (exact) mass is 220 g/mol. The maximum absolute atomic E-state index is 13.1. The quantitative estimate of drug-likeness (QED) is 0.717. The van der Waals surface area contributed by atoms with Crippen molar-refractivity contribution in [3.8, 4) is 0 Å². The molecule has 0 spiro atoms. The first kappa shape index (κ1) is 11.0. The van der Waals surface area contributed by atoms with Crippen LogP contribution in [0.5, 0.6) is 0 Å². The molecule has 0 aliphatic heterocycles. The molecule has 1 aromatic carbocycles. The van der Waals surface area contributed by atoms with Crippen LogP contribution in [0.3, 0.4) is 0 Å². The van der Waals surface area contributed by atoms with E-state index in [0.29, 0.717) is 5.56 Å². The second-order valence-electron chi connectivity index (χ2n) is 4.73. The van der Waals surface area contributed by atoms with Crippen LogP contribution in [0.4, 0.5) is 4.39 Å². The lowest BCUT2D eigenvalue weighted by molar-refractivity contribution is -0.108. The highest BCUT2D eigenvalue weighted by Crippen LogP contribution is 2.44. The molecule has 0 heterocycles. The summed E-state index contributed by atoms with van der Waals surface area (Å²) in [6.45, 7) is 3.84. The number of carbonyl (C=O) groups is 2. The highest BCUT2D eigenvalue weighted by Gasteiger charge is 2.45. The van der Waals surface area contributed by atoms with Crippen molar-refractivity contribution in [3.05, 3.63) is 35.1 Å². The van der Waals surface area contributed by atoms with E-state index in [1.807, 2.05) is 13.8 Å². The minimum atomic E-state index is -0.408. The predicted octanol–water partition coefficient (Wildman–Crippen LogP) is 2.50. The Balaban J connectivity index is 2.56. The molecule has 0 unspecified atom stereocenters. The zero-order chi connectivity index (χ0) is 11.9.